The predicted octanol–water partition coefficient (Wildman–Crippen LogP) is 2.24. The third-order valence-corrected chi connectivity index (χ3v) is 6.20. The topological polar surface area (TPSA) is 61.4 Å². The summed E-state index contributed by atoms with van der Waals surface area (Å²) in [4.78, 5) is 25.9. The van der Waals surface area contributed by atoms with Gasteiger partial charge in [0, 0.05) is 68.2 Å². The van der Waals surface area contributed by atoms with E-state index in [2.05, 4.69) is 51.2 Å². The Morgan fingerprint density at radius 1 is 1.18 bits per heavy atom. The van der Waals surface area contributed by atoms with Gasteiger partial charge in [-0.15, -0.1) is 0 Å². The standard InChI is InChI=1S/C22H29N5O/c1-17-4-3-5-19(12-17)21-24-13-18(14-25-21)15-27-11-10-26(2)22(16-27)7-6-20(28)23-9-8-22/h3-5,12-14H,6-11,15-16H2,1-2H3,(H,23,28). The Bertz CT molecular complexity index is 837. The van der Waals surface area contributed by atoms with Crippen molar-refractivity contribution in [1.29, 1.82) is 0 Å². The highest BCUT2D eigenvalue weighted by Gasteiger charge is 2.40. The average molecular weight is 380 g/mol. The van der Waals surface area contributed by atoms with Crippen molar-refractivity contribution >= 4 is 5.91 Å². The van der Waals surface area contributed by atoms with E-state index >= 15 is 0 Å². The second kappa shape index (κ2) is 7.97. The van der Waals surface area contributed by atoms with E-state index in [0.717, 1.165) is 62.5 Å². The second-order valence-corrected chi connectivity index (χ2v) is 8.24. The summed E-state index contributed by atoms with van der Waals surface area (Å²) in [6, 6.07) is 8.28. The maximum absolute atomic E-state index is 11.8. The molecule has 1 N–H and O–H groups in total. The van der Waals surface area contributed by atoms with Crippen LogP contribution in [0.1, 0.15) is 30.4 Å². The van der Waals surface area contributed by atoms with Crippen LogP contribution in [-0.2, 0) is 11.3 Å². The third kappa shape index (κ3) is 4.08. The number of benzene rings is 1. The van der Waals surface area contributed by atoms with Gasteiger partial charge in [-0.05, 0) is 32.9 Å². The molecule has 1 aromatic heterocycles. The van der Waals surface area contributed by atoms with Crippen LogP contribution in [0.3, 0.4) is 0 Å². The number of carbonyl (C=O) groups is 1. The molecule has 0 saturated carbocycles. The van der Waals surface area contributed by atoms with Gasteiger partial charge in [-0.25, -0.2) is 9.97 Å². The van der Waals surface area contributed by atoms with Crippen molar-refractivity contribution in [2.45, 2.75) is 38.3 Å². The lowest BCUT2D eigenvalue weighted by Crippen LogP contribution is -2.60. The van der Waals surface area contributed by atoms with Crippen molar-refractivity contribution in [1.82, 2.24) is 25.1 Å². The number of likely N-dealkylation sites (N-methyl/N-ethyl adjacent to an activating group) is 1. The molecule has 1 unspecified atom stereocenters. The smallest absolute Gasteiger partial charge is 0.220 e. The van der Waals surface area contributed by atoms with Crippen LogP contribution in [0.5, 0.6) is 0 Å². The van der Waals surface area contributed by atoms with Gasteiger partial charge < -0.3 is 5.32 Å². The van der Waals surface area contributed by atoms with Crippen LogP contribution in [-0.4, -0.2) is 64.4 Å². The molecule has 0 bridgehead atoms. The van der Waals surface area contributed by atoms with E-state index in [0.29, 0.717) is 6.42 Å². The molecule has 2 saturated heterocycles. The van der Waals surface area contributed by atoms with Gasteiger partial charge in [-0.1, -0.05) is 23.8 Å². The third-order valence-electron chi connectivity index (χ3n) is 6.20. The Morgan fingerprint density at radius 3 is 2.79 bits per heavy atom. The highest BCUT2D eigenvalue weighted by Crippen LogP contribution is 2.31. The van der Waals surface area contributed by atoms with Crippen molar-refractivity contribution in [3.05, 3.63) is 47.8 Å². The van der Waals surface area contributed by atoms with Crippen molar-refractivity contribution in [3.8, 4) is 11.4 Å². The maximum atomic E-state index is 11.8. The summed E-state index contributed by atoms with van der Waals surface area (Å²) in [5.74, 6) is 0.957. The molecule has 4 rings (SSSR count). The first-order valence-electron chi connectivity index (χ1n) is 10.1. The number of aromatic nitrogens is 2. The zero-order chi connectivity index (χ0) is 19.6. The number of amides is 1. The van der Waals surface area contributed by atoms with Crippen LogP contribution in [0, 0.1) is 6.92 Å². The fourth-order valence-corrected chi connectivity index (χ4v) is 4.44. The SMILES string of the molecule is Cc1cccc(-c2ncc(CN3CCN(C)C4(CCNC(=O)CC4)C3)cn2)c1. The van der Waals surface area contributed by atoms with E-state index in [9.17, 15) is 4.79 Å². The fourth-order valence-electron chi connectivity index (χ4n) is 4.44. The molecule has 2 aliphatic rings. The van der Waals surface area contributed by atoms with Crippen molar-refractivity contribution in [2.75, 3.05) is 33.2 Å². The van der Waals surface area contributed by atoms with Gasteiger partial charge in [-0.2, -0.15) is 0 Å². The van der Waals surface area contributed by atoms with E-state index in [4.69, 9.17) is 0 Å². The van der Waals surface area contributed by atoms with Crippen LogP contribution < -0.4 is 5.32 Å². The minimum atomic E-state index is 0.0831. The van der Waals surface area contributed by atoms with E-state index in [-0.39, 0.29) is 11.4 Å². The largest absolute Gasteiger partial charge is 0.356 e. The van der Waals surface area contributed by atoms with Gasteiger partial charge in [0.25, 0.3) is 0 Å². The van der Waals surface area contributed by atoms with Crippen LogP contribution in [0.15, 0.2) is 36.7 Å². The molecule has 1 atom stereocenters. The van der Waals surface area contributed by atoms with Crippen LogP contribution in [0.2, 0.25) is 0 Å². The monoisotopic (exact) mass is 379 g/mol. The second-order valence-electron chi connectivity index (χ2n) is 8.24. The molecule has 0 aliphatic carbocycles. The Balaban J connectivity index is 1.44. The number of piperazine rings is 1. The molecule has 2 fully saturated rings. The summed E-state index contributed by atoms with van der Waals surface area (Å²) in [6.45, 7) is 6.74. The first kappa shape index (κ1) is 19.0. The lowest BCUT2D eigenvalue weighted by Gasteiger charge is -2.49. The van der Waals surface area contributed by atoms with E-state index in [1.165, 1.54) is 5.56 Å². The molecule has 6 heteroatoms. The van der Waals surface area contributed by atoms with Crippen molar-refractivity contribution < 1.29 is 4.79 Å². The van der Waals surface area contributed by atoms with Crippen molar-refractivity contribution in [3.63, 3.8) is 0 Å². The molecule has 28 heavy (non-hydrogen) atoms. The summed E-state index contributed by atoms with van der Waals surface area (Å²) in [5, 5.41) is 3.02. The molecular weight excluding hydrogens is 350 g/mol. The van der Waals surface area contributed by atoms with Gasteiger partial charge in [0.05, 0.1) is 0 Å². The molecule has 2 aromatic rings. The molecule has 2 aliphatic heterocycles. The lowest BCUT2D eigenvalue weighted by atomic mass is 9.86. The van der Waals surface area contributed by atoms with Gasteiger partial charge in [0.1, 0.15) is 0 Å². The normalized spacial score (nSPS) is 24.1. The first-order chi connectivity index (χ1) is 13.5. The minimum Gasteiger partial charge on any atom is -0.356 e. The molecule has 3 heterocycles. The Kier molecular flexibility index (Phi) is 5.42. The molecule has 1 amide bonds. The summed E-state index contributed by atoms with van der Waals surface area (Å²) in [7, 11) is 2.20. The zero-order valence-corrected chi connectivity index (χ0v) is 16.8. The minimum absolute atomic E-state index is 0.0831. The van der Waals surface area contributed by atoms with Crippen LogP contribution in [0.25, 0.3) is 11.4 Å². The summed E-state index contributed by atoms with van der Waals surface area (Å²) >= 11 is 0. The molecule has 0 radical (unpaired) electrons. The fraction of sp³-hybridized carbons (Fsp3) is 0.500. The number of hydrogen-bond acceptors (Lipinski definition) is 5. The van der Waals surface area contributed by atoms with Crippen LogP contribution in [0.4, 0.5) is 0 Å². The number of nitrogens with zero attached hydrogens (tertiary/aromatic N) is 4. The van der Waals surface area contributed by atoms with Crippen LogP contribution >= 0.6 is 0 Å². The van der Waals surface area contributed by atoms with Gasteiger partial charge >= 0.3 is 0 Å². The zero-order valence-electron chi connectivity index (χ0n) is 16.8. The number of nitrogens with one attached hydrogen (secondary N) is 1. The highest BCUT2D eigenvalue weighted by atomic mass is 16.1. The Morgan fingerprint density at radius 2 is 2.00 bits per heavy atom. The lowest BCUT2D eigenvalue weighted by molar-refractivity contribution is -0.121. The summed E-state index contributed by atoms with van der Waals surface area (Å²) in [5.41, 5.74) is 3.49. The number of carbonyl (C=O) groups excluding carboxylic acids is 1. The number of aryl methyl sites for hydroxylation is 1. The van der Waals surface area contributed by atoms with Gasteiger partial charge in [-0.3, -0.25) is 14.6 Å². The molecule has 1 spiro atoms. The average Bonchev–Trinajstić information content (AvgIpc) is 2.88. The predicted molar refractivity (Wildman–Crippen MR) is 110 cm³/mol. The highest BCUT2D eigenvalue weighted by molar-refractivity contribution is 5.76. The maximum Gasteiger partial charge on any atom is 0.220 e. The molecule has 148 valence electrons. The Hall–Kier alpha value is -2.31. The molecule has 6 nitrogen and oxygen atoms in total. The van der Waals surface area contributed by atoms with E-state index < -0.39 is 0 Å². The molecular formula is C22H29N5O. The first-order valence-corrected chi connectivity index (χ1v) is 10.1. The summed E-state index contributed by atoms with van der Waals surface area (Å²) < 4.78 is 0. The summed E-state index contributed by atoms with van der Waals surface area (Å²) in [6.07, 6.45) is 6.46. The Labute approximate surface area is 167 Å². The van der Waals surface area contributed by atoms with E-state index in [1.54, 1.807) is 0 Å². The van der Waals surface area contributed by atoms with Gasteiger partial charge in [0.15, 0.2) is 5.82 Å². The van der Waals surface area contributed by atoms with E-state index in [1.807, 2.05) is 24.5 Å². The number of rotatable bonds is 3. The number of hydrogen-bond donors (Lipinski definition) is 1. The molecule has 1 aromatic carbocycles. The quantitative estimate of drug-likeness (QED) is 0.886. The van der Waals surface area contributed by atoms with Crippen molar-refractivity contribution in [2.24, 2.45) is 0 Å². The van der Waals surface area contributed by atoms with Gasteiger partial charge in [0.2, 0.25) is 5.91 Å².